The second-order valence-corrected chi connectivity index (χ2v) is 3.60. The smallest absolute Gasteiger partial charge is 0.452 e. The second kappa shape index (κ2) is 4.87. The minimum Gasteiger partial charge on any atom is -0.493 e. The van der Waals surface area contributed by atoms with Crippen LogP contribution < -0.4 is 0 Å². The molecule has 0 atom stereocenters. The Bertz CT molecular complexity index is 616. The maximum absolute atomic E-state index is 10.9. The third-order valence-corrected chi connectivity index (χ3v) is 2.64. The van der Waals surface area contributed by atoms with E-state index in [2.05, 4.69) is 15.0 Å². The predicted molar refractivity (Wildman–Crippen MR) is 66.2 cm³/mol. The number of azo groups is 1. The van der Waals surface area contributed by atoms with E-state index in [4.69, 9.17) is 0 Å². The van der Waals surface area contributed by atoms with Gasteiger partial charge in [0.25, 0.3) is 0 Å². The number of carbonyl (C=O) groups excluding carboxylic acids is 1. The van der Waals surface area contributed by atoms with Crippen LogP contribution in [0.5, 0.6) is 5.88 Å². The number of aryl methyl sites for hydroxylation is 1. The molecule has 0 aliphatic heterocycles. The van der Waals surface area contributed by atoms with Crippen LogP contribution in [0, 0.1) is 0 Å². The van der Waals surface area contributed by atoms with Crippen molar-refractivity contribution in [1.29, 1.82) is 0 Å². The van der Waals surface area contributed by atoms with Crippen molar-refractivity contribution in [3.8, 4) is 5.88 Å². The van der Waals surface area contributed by atoms with E-state index in [0.717, 1.165) is 10.9 Å². The third kappa shape index (κ3) is 1.92. The number of ether oxygens (including phenoxy) is 1. The zero-order valence-electron chi connectivity index (χ0n) is 10.1. The van der Waals surface area contributed by atoms with Gasteiger partial charge in [0.05, 0.1) is 12.6 Å². The van der Waals surface area contributed by atoms with Crippen molar-refractivity contribution in [1.82, 2.24) is 4.57 Å². The monoisotopic (exact) mass is 247 g/mol. The lowest BCUT2D eigenvalue weighted by molar-refractivity contribution is 0.181. The summed E-state index contributed by atoms with van der Waals surface area (Å²) in [7, 11) is 1.22. The van der Waals surface area contributed by atoms with E-state index in [-0.39, 0.29) is 11.6 Å². The molecule has 1 N–H and O–H groups in total. The fourth-order valence-electron chi connectivity index (χ4n) is 1.82. The van der Waals surface area contributed by atoms with Crippen LogP contribution in [0.25, 0.3) is 10.9 Å². The average Bonchev–Trinajstić information content (AvgIpc) is 2.67. The molecule has 0 saturated heterocycles. The molecule has 1 heterocycles. The number of hydrogen-bond acceptors (Lipinski definition) is 4. The molecule has 0 aliphatic rings. The molecular formula is C12H13N3O3. The fraction of sp³-hybridized carbons (Fsp3) is 0.250. The summed E-state index contributed by atoms with van der Waals surface area (Å²) in [6, 6.07) is 7.39. The molecule has 94 valence electrons. The van der Waals surface area contributed by atoms with Crippen LogP contribution in [-0.4, -0.2) is 22.9 Å². The van der Waals surface area contributed by atoms with Crippen molar-refractivity contribution in [2.75, 3.05) is 7.11 Å². The van der Waals surface area contributed by atoms with E-state index in [1.54, 1.807) is 4.57 Å². The Labute approximate surface area is 104 Å². The van der Waals surface area contributed by atoms with Crippen molar-refractivity contribution in [2.24, 2.45) is 10.2 Å². The van der Waals surface area contributed by atoms with Crippen molar-refractivity contribution in [2.45, 2.75) is 13.5 Å². The number of aromatic hydroxyl groups is 1. The molecule has 6 heteroatoms. The van der Waals surface area contributed by atoms with Gasteiger partial charge in [-0.05, 0) is 13.0 Å². The van der Waals surface area contributed by atoms with Gasteiger partial charge in [0.1, 0.15) is 0 Å². The lowest BCUT2D eigenvalue weighted by Gasteiger charge is -2.00. The number of amides is 1. The number of aromatic nitrogens is 1. The second-order valence-electron chi connectivity index (χ2n) is 3.60. The van der Waals surface area contributed by atoms with E-state index < -0.39 is 6.09 Å². The van der Waals surface area contributed by atoms with Gasteiger partial charge in [-0.15, -0.1) is 5.11 Å². The van der Waals surface area contributed by atoms with Gasteiger partial charge in [0.15, 0.2) is 5.69 Å². The van der Waals surface area contributed by atoms with Crippen LogP contribution >= 0.6 is 0 Å². The Morgan fingerprint density at radius 1 is 1.44 bits per heavy atom. The predicted octanol–water partition coefficient (Wildman–Crippen LogP) is 3.22. The first-order chi connectivity index (χ1) is 8.69. The molecule has 0 saturated carbocycles. The first-order valence-corrected chi connectivity index (χ1v) is 5.49. The molecular weight excluding hydrogens is 234 g/mol. The number of carbonyl (C=O) groups is 1. The molecule has 0 aliphatic carbocycles. The fourth-order valence-corrected chi connectivity index (χ4v) is 1.82. The van der Waals surface area contributed by atoms with Gasteiger partial charge in [0.2, 0.25) is 5.88 Å². The maximum atomic E-state index is 10.9. The highest BCUT2D eigenvalue weighted by Crippen LogP contribution is 2.38. The number of para-hydroxylation sites is 1. The number of nitrogens with zero attached hydrogens (tertiary/aromatic N) is 3. The highest BCUT2D eigenvalue weighted by atomic mass is 16.5. The topological polar surface area (TPSA) is 76.2 Å². The summed E-state index contributed by atoms with van der Waals surface area (Å²) in [5.41, 5.74) is 1.12. The Balaban J connectivity index is 2.60. The molecule has 2 aromatic rings. The van der Waals surface area contributed by atoms with Gasteiger partial charge in [-0.25, -0.2) is 4.79 Å². The van der Waals surface area contributed by atoms with Crippen LogP contribution in [0.2, 0.25) is 0 Å². The first-order valence-electron chi connectivity index (χ1n) is 5.49. The Morgan fingerprint density at radius 2 is 2.17 bits per heavy atom. The number of hydrogen-bond donors (Lipinski definition) is 1. The molecule has 0 unspecified atom stereocenters. The number of rotatable bonds is 2. The van der Waals surface area contributed by atoms with E-state index in [0.29, 0.717) is 6.54 Å². The summed E-state index contributed by atoms with van der Waals surface area (Å²) in [5.74, 6) is -0.00801. The highest BCUT2D eigenvalue weighted by molar-refractivity contribution is 5.95. The Kier molecular flexibility index (Phi) is 3.27. The summed E-state index contributed by atoms with van der Waals surface area (Å²) in [4.78, 5) is 10.9. The van der Waals surface area contributed by atoms with E-state index >= 15 is 0 Å². The largest absolute Gasteiger partial charge is 0.493 e. The van der Waals surface area contributed by atoms with Gasteiger partial charge in [-0.3, -0.25) is 0 Å². The van der Waals surface area contributed by atoms with Crippen LogP contribution in [0.1, 0.15) is 6.92 Å². The molecule has 2 rings (SSSR count). The SMILES string of the molecule is CCn1c(O)c(N=NC(=O)OC)c2ccccc21. The summed E-state index contributed by atoms with van der Waals surface area (Å²) in [6.45, 7) is 2.51. The van der Waals surface area contributed by atoms with Gasteiger partial charge in [-0.2, -0.15) is 0 Å². The summed E-state index contributed by atoms with van der Waals surface area (Å²) >= 11 is 0. The number of benzene rings is 1. The zero-order chi connectivity index (χ0) is 13.1. The summed E-state index contributed by atoms with van der Waals surface area (Å²) in [6.07, 6.45) is -0.803. The molecule has 1 amide bonds. The normalized spacial score (nSPS) is 11.2. The van der Waals surface area contributed by atoms with Gasteiger partial charge >= 0.3 is 6.09 Å². The standard InChI is InChI=1S/C12H13N3O3/c1-3-15-9-7-5-4-6-8(9)10(11(15)16)13-14-12(17)18-2/h4-7,16H,3H2,1-2H3. The van der Waals surface area contributed by atoms with E-state index in [9.17, 15) is 9.90 Å². The zero-order valence-corrected chi connectivity index (χ0v) is 10.1. The van der Waals surface area contributed by atoms with Crippen LogP contribution in [-0.2, 0) is 11.3 Å². The van der Waals surface area contributed by atoms with Crippen molar-refractivity contribution < 1.29 is 14.6 Å². The quantitative estimate of drug-likeness (QED) is 0.828. The third-order valence-electron chi connectivity index (χ3n) is 2.64. The maximum Gasteiger partial charge on any atom is 0.452 e. The molecule has 1 aromatic heterocycles. The summed E-state index contributed by atoms with van der Waals surface area (Å²) < 4.78 is 6.06. The molecule has 6 nitrogen and oxygen atoms in total. The number of fused-ring (bicyclic) bond motifs is 1. The minimum absolute atomic E-state index is 0.00801. The van der Waals surface area contributed by atoms with Crippen molar-refractivity contribution in [3.63, 3.8) is 0 Å². The molecule has 0 fully saturated rings. The molecule has 1 aromatic carbocycles. The van der Waals surface area contributed by atoms with Gasteiger partial charge < -0.3 is 14.4 Å². The van der Waals surface area contributed by atoms with Crippen LogP contribution in [0.15, 0.2) is 34.5 Å². The lowest BCUT2D eigenvalue weighted by atomic mass is 10.2. The first kappa shape index (κ1) is 12.1. The van der Waals surface area contributed by atoms with Crippen molar-refractivity contribution in [3.05, 3.63) is 24.3 Å². The van der Waals surface area contributed by atoms with Gasteiger partial charge in [0, 0.05) is 11.9 Å². The molecule has 0 radical (unpaired) electrons. The Morgan fingerprint density at radius 3 is 2.83 bits per heavy atom. The summed E-state index contributed by atoms with van der Waals surface area (Å²) in [5, 5.41) is 17.9. The lowest BCUT2D eigenvalue weighted by Crippen LogP contribution is -1.91. The van der Waals surface area contributed by atoms with Crippen molar-refractivity contribution >= 4 is 22.7 Å². The molecule has 0 spiro atoms. The van der Waals surface area contributed by atoms with Crippen LogP contribution in [0.3, 0.4) is 0 Å². The highest BCUT2D eigenvalue weighted by Gasteiger charge is 2.15. The van der Waals surface area contributed by atoms with Gasteiger partial charge in [-0.1, -0.05) is 23.3 Å². The average molecular weight is 247 g/mol. The van der Waals surface area contributed by atoms with Crippen LogP contribution in [0.4, 0.5) is 10.5 Å². The molecule has 18 heavy (non-hydrogen) atoms. The van der Waals surface area contributed by atoms with E-state index in [1.807, 2.05) is 31.2 Å². The van der Waals surface area contributed by atoms with E-state index in [1.165, 1.54) is 7.11 Å². The minimum atomic E-state index is -0.803. The molecule has 0 bridgehead atoms. The Hall–Kier alpha value is -2.37. The number of methoxy groups -OCH3 is 1.